The van der Waals surface area contributed by atoms with Gasteiger partial charge in [0, 0.05) is 6.20 Å². The van der Waals surface area contributed by atoms with Gasteiger partial charge in [0.1, 0.15) is 5.75 Å². The molecule has 1 amide bonds. The highest BCUT2D eigenvalue weighted by Gasteiger charge is 2.20. The lowest BCUT2D eigenvalue weighted by atomic mass is 10.3. The van der Waals surface area contributed by atoms with E-state index >= 15 is 0 Å². The van der Waals surface area contributed by atoms with Gasteiger partial charge in [-0.3, -0.25) is 4.79 Å². The Morgan fingerprint density at radius 1 is 1.38 bits per heavy atom. The van der Waals surface area contributed by atoms with E-state index in [0.717, 1.165) is 21.0 Å². The lowest BCUT2D eigenvalue weighted by molar-refractivity contribution is -0.115. The molecule has 0 bridgehead atoms. The number of nitrogens with one attached hydrogen (secondary N) is 1. The third kappa shape index (κ3) is 3.85. The average Bonchev–Trinajstić information content (AvgIpc) is 3.01. The number of thiazole rings is 1. The van der Waals surface area contributed by atoms with Crippen LogP contribution in [-0.4, -0.2) is 28.2 Å². The largest absolute Gasteiger partial charge is 0.497 e. The van der Waals surface area contributed by atoms with Crippen LogP contribution in [0.4, 0.5) is 5.13 Å². The van der Waals surface area contributed by atoms with Gasteiger partial charge in [-0.15, -0.1) is 0 Å². The third-order valence-corrected chi connectivity index (χ3v) is 5.64. The summed E-state index contributed by atoms with van der Waals surface area (Å²) in [7, 11) is 1.63. The predicted octanol–water partition coefficient (Wildman–Crippen LogP) is 4.21. The molecule has 5 nitrogen and oxygen atoms in total. The second-order valence-corrected chi connectivity index (χ2v) is 7.28. The summed E-state index contributed by atoms with van der Waals surface area (Å²) >= 11 is 2.90. The number of pyridine rings is 1. The Kier molecular flexibility index (Phi) is 5.32. The van der Waals surface area contributed by atoms with Crippen molar-refractivity contribution in [1.29, 1.82) is 0 Å². The van der Waals surface area contributed by atoms with Crippen molar-refractivity contribution >= 4 is 44.4 Å². The van der Waals surface area contributed by atoms with E-state index in [9.17, 15) is 4.79 Å². The first-order valence-corrected chi connectivity index (χ1v) is 9.22. The van der Waals surface area contributed by atoms with Crippen molar-refractivity contribution in [2.24, 2.45) is 0 Å². The molecule has 1 N–H and O–H groups in total. The Morgan fingerprint density at radius 2 is 2.25 bits per heavy atom. The van der Waals surface area contributed by atoms with Gasteiger partial charge in [-0.05, 0) is 36.8 Å². The molecule has 0 radical (unpaired) electrons. The van der Waals surface area contributed by atoms with Gasteiger partial charge in [0.15, 0.2) is 5.13 Å². The first-order chi connectivity index (χ1) is 11.7. The maximum Gasteiger partial charge on any atom is 0.239 e. The third-order valence-electron chi connectivity index (χ3n) is 3.39. The van der Waals surface area contributed by atoms with Crippen LogP contribution >= 0.6 is 23.1 Å². The number of methoxy groups -OCH3 is 1. The number of carbonyl (C=O) groups is 1. The van der Waals surface area contributed by atoms with Crippen LogP contribution in [0.25, 0.3) is 10.2 Å². The molecule has 2 aromatic heterocycles. The lowest BCUT2D eigenvalue weighted by Gasteiger charge is -2.12. The van der Waals surface area contributed by atoms with Gasteiger partial charge in [-0.1, -0.05) is 36.1 Å². The second-order valence-electron chi connectivity index (χ2n) is 5.02. The van der Waals surface area contributed by atoms with Crippen molar-refractivity contribution in [2.45, 2.75) is 23.6 Å². The molecule has 24 heavy (non-hydrogen) atoms. The zero-order chi connectivity index (χ0) is 16.9. The van der Waals surface area contributed by atoms with Crippen LogP contribution in [0, 0.1) is 0 Å². The molecule has 0 fully saturated rings. The van der Waals surface area contributed by atoms with Crippen LogP contribution < -0.4 is 10.1 Å². The summed E-state index contributed by atoms with van der Waals surface area (Å²) in [5, 5.41) is 4.15. The first-order valence-electron chi connectivity index (χ1n) is 7.52. The van der Waals surface area contributed by atoms with E-state index in [1.165, 1.54) is 23.1 Å². The fraction of sp³-hybridized carbons (Fsp3) is 0.235. The molecule has 0 aliphatic heterocycles. The maximum absolute atomic E-state index is 12.5. The molecule has 2 heterocycles. The monoisotopic (exact) mass is 359 g/mol. The Bertz CT molecular complexity index is 836. The van der Waals surface area contributed by atoms with Gasteiger partial charge >= 0.3 is 0 Å². The Labute approximate surface area is 148 Å². The van der Waals surface area contributed by atoms with Crippen molar-refractivity contribution in [3.05, 3.63) is 42.6 Å². The van der Waals surface area contributed by atoms with Crippen molar-refractivity contribution < 1.29 is 9.53 Å². The van der Waals surface area contributed by atoms with Gasteiger partial charge in [0.2, 0.25) is 5.91 Å². The molecular weight excluding hydrogens is 342 g/mol. The van der Waals surface area contributed by atoms with Crippen LogP contribution in [0.5, 0.6) is 5.75 Å². The van der Waals surface area contributed by atoms with Gasteiger partial charge in [-0.25, -0.2) is 9.97 Å². The SMILES string of the molecule is CCC(Sc1ccccn1)C(=O)Nc1nc2ccc(OC)cc2s1. The molecule has 1 aromatic carbocycles. The number of rotatable bonds is 6. The van der Waals surface area contributed by atoms with Crippen LogP contribution in [0.15, 0.2) is 47.6 Å². The van der Waals surface area contributed by atoms with E-state index in [2.05, 4.69) is 15.3 Å². The number of ether oxygens (including phenoxy) is 1. The van der Waals surface area contributed by atoms with Crippen LogP contribution in [0.3, 0.4) is 0 Å². The first kappa shape index (κ1) is 16.7. The van der Waals surface area contributed by atoms with Crippen LogP contribution in [-0.2, 0) is 4.79 Å². The fourth-order valence-electron chi connectivity index (χ4n) is 2.16. The number of thioether (sulfide) groups is 1. The maximum atomic E-state index is 12.5. The number of hydrogen-bond acceptors (Lipinski definition) is 6. The fourth-order valence-corrected chi connectivity index (χ4v) is 3.96. The number of amides is 1. The minimum absolute atomic E-state index is 0.0563. The highest BCUT2D eigenvalue weighted by molar-refractivity contribution is 8.00. The van der Waals surface area contributed by atoms with Crippen molar-refractivity contribution in [2.75, 3.05) is 12.4 Å². The number of benzene rings is 1. The summed E-state index contributed by atoms with van der Waals surface area (Å²) in [6, 6.07) is 11.4. The normalized spacial score (nSPS) is 12.1. The predicted molar refractivity (Wildman–Crippen MR) is 99.0 cm³/mol. The minimum Gasteiger partial charge on any atom is -0.497 e. The zero-order valence-corrected chi connectivity index (χ0v) is 15.0. The molecule has 0 spiro atoms. The molecule has 3 aromatic rings. The molecule has 1 unspecified atom stereocenters. The standard InChI is InChI=1S/C17H17N3O2S2/c1-3-13(23-15-6-4-5-9-18-15)16(21)20-17-19-12-8-7-11(22-2)10-14(12)24-17/h4-10,13H,3H2,1-2H3,(H,19,20,21). The quantitative estimate of drug-likeness (QED) is 0.668. The average molecular weight is 359 g/mol. The van der Waals surface area contributed by atoms with E-state index in [1.807, 2.05) is 43.3 Å². The summed E-state index contributed by atoms with van der Waals surface area (Å²) in [6.45, 7) is 1.99. The highest BCUT2D eigenvalue weighted by Crippen LogP contribution is 2.30. The molecule has 0 saturated carbocycles. The molecule has 7 heteroatoms. The summed E-state index contributed by atoms with van der Waals surface area (Å²) < 4.78 is 6.20. The molecule has 0 saturated heterocycles. The molecule has 124 valence electrons. The van der Waals surface area contributed by atoms with E-state index in [4.69, 9.17) is 4.74 Å². The number of fused-ring (bicyclic) bond motifs is 1. The molecule has 0 aliphatic rings. The summed E-state index contributed by atoms with van der Waals surface area (Å²) in [5.41, 5.74) is 0.849. The van der Waals surface area contributed by atoms with Gasteiger partial charge < -0.3 is 10.1 Å². The van der Waals surface area contributed by atoms with E-state index in [1.54, 1.807) is 13.3 Å². The van der Waals surface area contributed by atoms with Crippen molar-refractivity contribution in [3.8, 4) is 5.75 Å². The smallest absolute Gasteiger partial charge is 0.239 e. The van der Waals surface area contributed by atoms with Crippen LogP contribution in [0.1, 0.15) is 13.3 Å². The molecule has 3 rings (SSSR count). The Morgan fingerprint density at radius 3 is 2.96 bits per heavy atom. The lowest BCUT2D eigenvalue weighted by Crippen LogP contribution is -2.24. The van der Waals surface area contributed by atoms with Crippen LogP contribution in [0.2, 0.25) is 0 Å². The van der Waals surface area contributed by atoms with Gasteiger partial charge in [-0.2, -0.15) is 0 Å². The number of aromatic nitrogens is 2. The Balaban J connectivity index is 1.72. The molecule has 0 aliphatic carbocycles. The molecular formula is C17H17N3O2S2. The highest BCUT2D eigenvalue weighted by atomic mass is 32.2. The number of hydrogen-bond donors (Lipinski definition) is 1. The Hall–Kier alpha value is -2.12. The topological polar surface area (TPSA) is 64.1 Å². The molecule has 1 atom stereocenters. The van der Waals surface area contributed by atoms with E-state index in [-0.39, 0.29) is 11.2 Å². The summed E-state index contributed by atoms with van der Waals surface area (Å²) in [5.74, 6) is 0.723. The number of carbonyl (C=O) groups excluding carboxylic acids is 1. The second kappa shape index (κ2) is 7.63. The zero-order valence-electron chi connectivity index (χ0n) is 13.4. The minimum atomic E-state index is -0.207. The summed E-state index contributed by atoms with van der Waals surface area (Å²) in [6.07, 6.45) is 2.44. The summed E-state index contributed by atoms with van der Waals surface area (Å²) in [4.78, 5) is 21.3. The number of nitrogens with zero attached hydrogens (tertiary/aromatic N) is 2. The number of anilines is 1. The van der Waals surface area contributed by atoms with E-state index < -0.39 is 0 Å². The van der Waals surface area contributed by atoms with Crippen molar-refractivity contribution in [1.82, 2.24) is 9.97 Å². The van der Waals surface area contributed by atoms with Crippen molar-refractivity contribution in [3.63, 3.8) is 0 Å². The van der Waals surface area contributed by atoms with Gasteiger partial charge in [0.25, 0.3) is 0 Å². The van der Waals surface area contributed by atoms with Gasteiger partial charge in [0.05, 0.1) is 27.6 Å². The van der Waals surface area contributed by atoms with E-state index in [0.29, 0.717) is 11.6 Å².